The predicted octanol–water partition coefficient (Wildman–Crippen LogP) is 5.40. The third-order valence-electron chi connectivity index (χ3n) is 4.10. The van der Waals surface area contributed by atoms with Crippen LogP contribution in [-0.2, 0) is 0 Å². The second-order valence-electron chi connectivity index (χ2n) is 6.16. The Balaban J connectivity index is 1.64. The van der Waals surface area contributed by atoms with Crippen LogP contribution < -0.4 is 10.7 Å². The molecule has 3 aromatic rings. The molecule has 2 amide bonds. The van der Waals surface area contributed by atoms with Gasteiger partial charge in [-0.15, -0.1) is 0 Å². The van der Waals surface area contributed by atoms with Crippen molar-refractivity contribution in [3.63, 3.8) is 0 Å². The number of carbonyl (C=O) groups excluding carboxylic acids is 2. The summed E-state index contributed by atoms with van der Waals surface area (Å²) < 4.78 is 0. The average molecular weight is 426 g/mol. The molecule has 0 heterocycles. The Morgan fingerprint density at radius 1 is 0.828 bits per heavy atom. The van der Waals surface area contributed by atoms with Gasteiger partial charge in [0.2, 0.25) is 0 Å². The van der Waals surface area contributed by atoms with Crippen LogP contribution in [0.1, 0.15) is 33.2 Å². The first-order valence-corrected chi connectivity index (χ1v) is 9.46. The summed E-state index contributed by atoms with van der Waals surface area (Å²) in [4.78, 5) is 24.4. The Morgan fingerprint density at radius 2 is 1.52 bits per heavy atom. The molecule has 3 aromatic carbocycles. The number of carbonyl (C=O) groups is 2. The minimum atomic E-state index is -0.333. The van der Waals surface area contributed by atoms with Gasteiger partial charge in [0, 0.05) is 16.3 Å². The number of halogens is 2. The Hall–Kier alpha value is -3.15. The standard InChI is InChI=1S/C22H17Cl2N3O2/c1-14(26-27-21(28)16-5-3-2-4-6-16)15-7-10-18(11-8-15)25-22(29)19-12-9-17(23)13-20(19)24/h2-13H,1H3,(H,25,29)(H,27,28)/b26-14+. The number of nitrogens with zero attached hydrogens (tertiary/aromatic N) is 1. The van der Waals surface area contributed by atoms with Crippen LogP contribution in [0, 0.1) is 0 Å². The molecule has 0 spiro atoms. The summed E-state index contributed by atoms with van der Waals surface area (Å²) in [6.45, 7) is 1.78. The molecule has 0 aliphatic carbocycles. The van der Waals surface area contributed by atoms with Crippen LogP contribution in [-0.4, -0.2) is 17.5 Å². The second kappa shape index (κ2) is 9.37. The van der Waals surface area contributed by atoms with E-state index in [1.807, 2.05) is 6.07 Å². The van der Waals surface area contributed by atoms with E-state index in [-0.39, 0.29) is 16.8 Å². The SMILES string of the molecule is C/C(=N\NC(=O)c1ccccc1)c1ccc(NC(=O)c2ccc(Cl)cc2Cl)cc1. The van der Waals surface area contributed by atoms with Crippen molar-refractivity contribution >= 4 is 46.4 Å². The van der Waals surface area contributed by atoms with Gasteiger partial charge >= 0.3 is 0 Å². The van der Waals surface area contributed by atoms with Gasteiger partial charge in [-0.1, -0.05) is 53.5 Å². The molecule has 0 aliphatic heterocycles. The van der Waals surface area contributed by atoms with Crippen molar-refractivity contribution in [1.29, 1.82) is 0 Å². The number of benzene rings is 3. The lowest BCUT2D eigenvalue weighted by Crippen LogP contribution is -2.19. The molecule has 0 saturated heterocycles. The zero-order valence-electron chi connectivity index (χ0n) is 15.4. The van der Waals surface area contributed by atoms with Gasteiger partial charge in [-0.2, -0.15) is 5.10 Å². The van der Waals surface area contributed by atoms with Crippen molar-refractivity contribution in [2.75, 3.05) is 5.32 Å². The molecule has 0 atom stereocenters. The Labute approximate surface area is 178 Å². The van der Waals surface area contributed by atoms with E-state index < -0.39 is 0 Å². The topological polar surface area (TPSA) is 70.6 Å². The van der Waals surface area contributed by atoms with E-state index in [2.05, 4.69) is 15.8 Å². The van der Waals surface area contributed by atoms with E-state index in [1.54, 1.807) is 67.6 Å². The van der Waals surface area contributed by atoms with Crippen molar-refractivity contribution in [2.24, 2.45) is 5.10 Å². The summed E-state index contributed by atoms with van der Waals surface area (Å²) >= 11 is 11.9. The maximum atomic E-state index is 12.4. The van der Waals surface area contributed by atoms with Gasteiger partial charge in [-0.05, 0) is 55.0 Å². The summed E-state index contributed by atoms with van der Waals surface area (Å²) in [5.74, 6) is -0.617. The first-order valence-electron chi connectivity index (χ1n) is 8.70. The van der Waals surface area contributed by atoms with E-state index in [4.69, 9.17) is 23.2 Å². The fraction of sp³-hybridized carbons (Fsp3) is 0.0455. The molecule has 0 fully saturated rings. The highest BCUT2D eigenvalue weighted by Crippen LogP contribution is 2.22. The monoisotopic (exact) mass is 425 g/mol. The minimum absolute atomic E-state index is 0.281. The van der Waals surface area contributed by atoms with Crippen LogP contribution in [0.3, 0.4) is 0 Å². The number of rotatable bonds is 5. The summed E-state index contributed by atoms with van der Waals surface area (Å²) in [5.41, 5.74) is 5.44. The molecule has 0 bridgehead atoms. The predicted molar refractivity (Wildman–Crippen MR) is 117 cm³/mol. The van der Waals surface area contributed by atoms with Crippen molar-refractivity contribution in [1.82, 2.24) is 5.43 Å². The number of anilines is 1. The zero-order chi connectivity index (χ0) is 20.8. The zero-order valence-corrected chi connectivity index (χ0v) is 17.0. The van der Waals surface area contributed by atoms with Gasteiger partial charge < -0.3 is 5.32 Å². The lowest BCUT2D eigenvalue weighted by molar-refractivity contribution is 0.0954. The fourth-order valence-electron chi connectivity index (χ4n) is 2.52. The minimum Gasteiger partial charge on any atom is -0.322 e. The third kappa shape index (κ3) is 5.44. The highest BCUT2D eigenvalue weighted by Gasteiger charge is 2.11. The maximum absolute atomic E-state index is 12.4. The summed E-state index contributed by atoms with van der Waals surface area (Å²) in [6, 6.07) is 20.6. The largest absolute Gasteiger partial charge is 0.322 e. The molecule has 0 saturated carbocycles. The van der Waals surface area contributed by atoms with E-state index in [0.29, 0.717) is 27.5 Å². The highest BCUT2D eigenvalue weighted by molar-refractivity contribution is 6.37. The van der Waals surface area contributed by atoms with Gasteiger partial charge in [-0.25, -0.2) is 5.43 Å². The lowest BCUT2D eigenvalue weighted by atomic mass is 10.1. The lowest BCUT2D eigenvalue weighted by Gasteiger charge is -2.08. The van der Waals surface area contributed by atoms with Crippen LogP contribution in [0.2, 0.25) is 10.0 Å². The molecule has 0 radical (unpaired) electrons. The maximum Gasteiger partial charge on any atom is 0.271 e. The van der Waals surface area contributed by atoms with Crippen LogP contribution in [0.25, 0.3) is 0 Å². The highest BCUT2D eigenvalue weighted by atomic mass is 35.5. The van der Waals surface area contributed by atoms with Crippen molar-refractivity contribution in [3.8, 4) is 0 Å². The third-order valence-corrected chi connectivity index (χ3v) is 4.65. The van der Waals surface area contributed by atoms with Gasteiger partial charge in [0.05, 0.1) is 16.3 Å². The van der Waals surface area contributed by atoms with Crippen LogP contribution in [0.5, 0.6) is 0 Å². The fourth-order valence-corrected chi connectivity index (χ4v) is 3.01. The molecule has 3 rings (SSSR count). The molecular formula is C22H17Cl2N3O2. The number of hydrogen-bond donors (Lipinski definition) is 2. The normalized spacial score (nSPS) is 11.1. The summed E-state index contributed by atoms with van der Waals surface area (Å²) in [6.07, 6.45) is 0. The number of amides is 2. The molecular weight excluding hydrogens is 409 g/mol. The molecule has 0 unspecified atom stereocenters. The van der Waals surface area contributed by atoms with E-state index in [0.717, 1.165) is 5.56 Å². The number of hydrazone groups is 1. The van der Waals surface area contributed by atoms with E-state index in [9.17, 15) is 9.59 Å². The van der Waals surface area contributed by atoms with Gasteiger partial charge in [0.25, 0.3) is 11.8 Å². The van der Waals surface area contributed by atoms with Crippen molar-refractivity contribution < 1.29 is 9.59 Å². The number of nitrogens with one attached hydrogen (secondary N) is 2. The second-order valence-corrected chi connectivity index (χ2v) is 7.00. The molecule has 146 valence electrons. The van der Waals surface area contributed by atoms with Crippen molar-refractivity contribution in [3.05, 3.63) is 99.5 Å². The summed E-state index contributed by atoms with van der Waals surface area (Å²) in [5, 5.41) is 7.65. The summed E-state index contributed by atoms with van der Waals surface area (Å²) in [7, 11) is 0. The van der Waals surface area contributed by atoms with Crippen LogP contribution in [0.4, 0.5) is 5.69 Å². The number of hydrogen-bond acceptors (Lipinski definition) is 3. The quantitative estimate of drug-likeness (QED) is 0.424. The first-order chi connectivity index (χ1) is 13.9. The van der Waals surface area contributed by atoms with Crippen LogP contribution in [0.15, 0.2) is 77.9 Å². The van der Waals surface area contributed by atoms with Gasteiger partial charge in [0.1, 0.15) is 0 Å². The molecule has 5 nitrogen and oxygen atoms in total. The van der Waals surface area contributed by atoms with Crippen LogP contribution >= 0.6 is 23.2 Å². The van der Waals surface area contributed by atoms with Gasteiger partial charge in [0.15, 0.2) is 0 Å². The van der Waals surface area contributed by atoms with Crippen molar-refractivity contribution in [2.45, 2.75) is 6.92 Å². The molecule has 29 heavy (non-hydrogen) atoms. The molecule has 0 aromatic heterocycles. The molecule has 7 heteroatoms. The first kappa shape index (κ1) is 20.6. The Morgan fingerprint density at radius 3 is 2.17 bits per heavy atom. The van der Waals surface area contributed by atoms with E-state index in [1.165, 1.54) is 6.07 Å². The molecule has 2 N–H and O–H groups in total. The smallest absolute Gasteiger partial charge is 0.271 e. The molecule has 0 aliphatic rings. The average Bonchev–Trinajstić information content (AvgIpc) is 2.72. The van der Waals surface area contributed by atoms with E-state index >= 15 is 0 Å². The Kier molecular flexibility index (Phi) is 6.65. The van der Waals surface area contributed by atoms with Gasteiger partial charge in [-0.3, -0.25) is 9.59 Å². The Bertz CT molecular complexity index is 1070.